The number of rotatable bonds is 5. The molecule has 0 aliphatic carbocycles. The Kier molecular flexibility index (Phi) is 4.37. The smallest absolute Gasteiger partial charge is 0.329 e. The van der Waals surface area contributed by atoms with Crippen LogP contribution in [0.3, 0.4) is 0 Å². The minimum Gasteiger partial charge on any atom is -0.478 e. The van der Waals surface area contributed by atoms with E-state index in [0.29, 0.717) is 5.92 Å². The number of carboxylic acids is 1. The van der Waals surface area contributed by atoms with E-state index < -0.39 is 5.97 Å². The quantitative estimate of drug-likeness (QED) is 0.757. The molecular formula is C11H15NO2S. The van der Waals surface area contributed by atoms with Gasteiger partial charge in [-0.25, -0.2) is 4.79 Å². The maximum absolute atomic E-state index is 10.3. The van der Waals surface area contributed by atoms with Gasteiger partial charge in [0.05, 0.1) is 6.04 Å². The second kappa shape index (κ2) is 5.56. The third-order valence-corrected chi connectivity index (χ3v) is 2.97. The topological polar surface area (TPSA) is 49.3 Å². The summed E-state index contributed by atoms with van der Waals surface area (Å²) < 4.78 is 0. The highest BCUT2D eigenvalue weighted by atomic mass is 32.1. The molecule has 0 amide bonds. The summed E-state index contributed by atoms with van der Waals surface area (Å²) in [5.74, 6) is -0.515. The summed E-state index contributed by atoms with van der Waals surface area (Å²) in [4.78, 5) is 11.5. The zero-order chi connectivity index (χ0) is 11.3. The molecule has 0 bridgehead atoms. The Morgan fingerprint density at radius 1 is 1.60 bits per heavy atom. The van der Waals surface area contributed by atoms with Gasteiger partial charge >= 0.3 is 5.97 Å². The Balaban J connectivity index is 2.64. The minimum absolute atomic E-state index is 0.181. The first-order valence-electron chi connectivity index (χ1n) is 4.80. The summed E-state index contributed by atoms with van der Waals surface area (Å²) in [7, 11) is 0. The molecule has 1 unspecified atom stereocenters. The van der Waals surface area contributed by atoms with Crippen LogP contribution in [0.1, 0.15) is 24.8 Å². The van der Waals surface area contributed by atoms with E-state index in [-0.39, 0.29) is 6.04 Å². The standard InChI is InChI=1S/C11H15NO2S/c1-8(2)11(9-4-3-7-15-9)12-6-5-10(13)14/h3-8,11-12H,1-2H3,(H,13,14)/b6-5+. The van der Waals surface area contributed by atoms with Crippen molar-refractivity contribution in [2.45, 2.75) is 19.9 Å². The zero-order valence-electron chi connectivity index (χ0n) is 8.81. The predicted octanol–water partition coefficient (Wildman–Crippen LogP) is 2.63. The second-order valence-electron chi connectivity index (χ2n) is 3.58. The monoisotopic (exact) mass is 225 g/mol. The third kappa shape index (κ3) is 3.75. The van der Waals surface area contributed by atoms with E-state index in [0.717, 1.165) is 6.08 Å². The van der Waals surface area contributed by atoms with Gasteiger partial charge < -0.3 is 10.4 Å². The van der Waals surface area contributed by atoms with Crippen molar-refractivity contribution in [1.29, 1.82) is 0 Å². The number of hydrogen-bond acceptors (Lipinski definition) is 3. The van der Waals surface area contributed by atoms with Crippen LogP contribution in [0, 0.1) is 5.92 Å². The number of nitrogens with one attached hydrogen (secondary N) is 1. The first-order chi connectivity index (χ1) is 7.11. The van der Waals surface area contributed by atoms with Crippen molar-refractivity contribution in [1.82, 2.24) is 5.32 Å². The van der Waals surface area contributed by atoms with E-state index in [1.165, 1.54) is 11.1 Å². The van der Waals surface area contributed by atoms with Gasteiger partial charge in [0, 0.05) is 17.2 Å². The average Bonchev–Trinajstić information content (AvgIpc) is 2.63. The van der Waals surface area contributed by atoms with Crippen molar-refractivity contribution in [3.8, 4) is 0 Å². The van der Waals surface area contributed by atoms with Crippen LogP contribution in [-0.4, -0.2) is 11.1 Å². The van der Waals surface area contributed by atoms with Crippen molar-refractivity contribution in [3.63, 3.8) is 0 Å². The van der Waals surface area contributed by atoms with Crippen molar-refractivity contribution in [2.75, 3.05) is 0 Å². The highest BCUT2D eigenvalue weighted by molar-refractivity contribution is 7.10. The molecule has 0 aromatic carbocycles. The predicted molar refractivity (Wildman–Crippen MR) is 61.8 cm³/mol. The summed E-state index contributed by atoms with van der Waals surface area (Å²) in [5.41, 5.74) is 0. The molecule has 0 saturated carbocycles. The van der Waals surface area contributed by atoms with Crippen LogP contribution in [-0.2, 0) is 4.79 Å². The van der Waals surface area contributed by atoms with E-state index in [1.807, 2.05) is 11.4 Å². The molecule has 1 aromatic rings. The Bertz CT molecular complexity index is 330. The molecule has 0 aliphatic rings. The molecule has 1 rings (SSSR count). The molecular weight excluding hydrogens is 210 g/mol. The fourth-order valence-electron chi connectivity index (χ4n) is 1.29. The number of carboxylic acid groups (broad SMARTS) is 1. The first-order valence-corrected chi connectivity index (χ1v) is 5.68. The van der Waals surface area contributed by atoms with Crippen LogP contribution < -0.4 is 5.32 Å². The lowest BCUT2D eigenvalue weighted by Gasteiger charge is -2.19. The molecule has 0 radical (unpaired) electrons. The Hall–Kier alpha value is -1.29. The number of hydrogen-bond donors (Lipinski definition) is 2. The maximum atomic E-state index is 10.3. The van der Waals surface area contributed by atoms with E-state index >= 15 is 0 Å². The van der Waals surface area contributed by atoms with E-state index in [2.05, 4.69) is 25.2 Å². The molecule has 2 N–H and O–H groups in total. The molecule has 0 spiro atoms. The van der Waals surface area contributed by atoms with Crippen molar-refractivity contribution in [3.05, 3.63) is 34.7 Å². The van der Waals surface area contributed by atoms with Crippen LogP contribution >= 0.6 is 11.3 Å². The van der Waals surface area contributed by atoms with Gasteiger partial charge in [0.15, 0.2) is 0 Å². The number of thiophene rings is 1. The van der Waals surface area contributed by atoms with Gasteiger partial charge in [-0.05, 0) is 17.4 Å². The van der Waals surface area contributed by atoms with Crippen molar-refractivity contribution in [2.24, 2.45) is 5.92 Å². The van der Waals surface area contributed by atoms with Crippen LogP contribution in [0.15, 0.2) is 29.8 Å². The fraction of sp³-hybridized carbons (Fsp3) is 0.364. The molecule has 0 saturated heterocycles. The summed E-state index contributed by atoms with van der Waals surface area (Å²) in [6.07, 6.45) is 2.61. The molecule has 15 heavy (non-hydrogen) atoms. The van der Waals surface area contributed by atoms with E-state index in [9.17, 15) is 4.79 Å². The van der Waals surface area contributed by atoms with Gasteiger partial charge in [-0.3, -0.25) is 0 Å². The Morgan fingerprint density at radius 2 is 2.33 bits per heavy atom. The van der Waals surface area contributed by atoms with Gasteiger partial charge in [0.25, 0.3) is 0 Å². The van der Waals surface area contributed by atoms with Crippen LogP contribution in [0.5, 0.6) is 0 Å². The molecule has 1 atom stereocenters. The summed E-state index contributed by atoms with van der Waals surface area (Å²) >= 11 is 1.67. The molecule has 3 nitrogen and oxygen atoms in total. The van der Waals surface area contributed by atoms with Gasteiger partial charge in [-0.1, -0.05) is 19.9 Å². The number of carbonyl (C=O) groups is 1. The second-order valence-corrected chi connectivity index (χ2v) is 4.55. The van der Waals surface area contributed by atoms with Crippen LogP contribution in [0.4, 0.5) is 0 Å². The molecule has 1 heterocycles. The van der Waals surface area contributed by atoms with Crippen molar-refractivity contribution < 1.29 is 9.90 Å². The SMILES string of the molecule is CC(C)C(N/C=C/C(=O)O)c1cccs1. The highest BCUT2D eigenvalue weighted by Gasteiger charge is 2.14. The minimum atomic E-state index is -0.934. The normalized spacial score (nSPS) is 13.3. The molecule has 1 aromatic heterocycles. The lowest BCUT2D eigenvalue weighted by Crippen LogP contribution is -2.20. The largest absolute Gasteiger partial charge is 0.478 e. The van der Waals surface area contributed by atoms with E-state index in [4.69, 9.17) is 5.11 Å². The van der Waals surface area contributed by atoms with Gasteiger partial charge in [-0.15, -0.1) is 11.3 Å². The fourth-order valence-corrected chi connectivity index (χ4v) is 2.25. The third-order valence-electron chi connectivity index (χ3n) is 2.02. The zero-order valence-corrected chi connectivity index (χ0v) is 9.62. The van der Waals surface area contributed by atoms with Crippen molar-refractivity contribution >= 4 is 17.3 Å². The average molecular weight is 225 g/mol. The maximum Gasteiger partial charge on any atom is 0.329 e. The number of aliphatic carboxylic acids is 1. The van der Waals surface area contributed by atoms with Crippen LogP contribution in [0.25, 0.3) is 0 Å². The summed E-state index contributed by atoms with van der Waals surface area (Å²) in [6, 6.07) is 4.23. The van der Waals surface area contributed by atoms with E-state index in [1.54, 1.807) is 11.3 Å². The molecule has 4 heteroatoms. The lowest BCUT2D eigenvalue weighted by atomic mass is 10.0. The Labute approximate surface area is 93.4 Å². The van der Waals surface area contributed by atoms with Gasteiger partial charge in [0.1, 0.15) is 0 Å². The first kappa shape index (κ1) is 11.8. The Morgan fingerprint density at radius 3 is 2.80 bits per heavy atom. The van der Waals surface area contributed by atoms with Gasteiger partial charge in [0.2, 0.25) is 0 Å². The molecule has 82 valence electrons. The molecule has 0 fully saturated rings. The lowest BCUT2D eigenvalue weighted by molar-refractivity contribution is -0.131. The van der Waals surface area contributed by atoms with Gasteiger partial charge in [-0.2, -0.15) is 0 Å². The highest BCUT2D eigenvalue weighted by Crippen LogP contribution is 2.25. The van der Waals surface area contributed by atoms with Crippen LogP contribution in [0.2, 0.25) is 0 Å². The summed E-state index contributed by atoms with van der Waals surface area (Å²) in [5, 5.41) is 13.6. The summed E-state index contributed by atoms with van der Waals surface area (Å²) in [6.45, 7) is 4.21. The molecule has 0 aliphatic heterocycles.